The van der Waals surface area contributed by atoms with Gasteiger partial charge in [0.15, 0.2) is 0 Å². The number of benzene rings is 1. The Morgan fingerprint density at radius 3 is 2.66 bits per heavy atom. The summed E-state index contributed by atoms with van der Waals surface area (Å²) in [5, 5.41) is 12.2. The molecule has 1 amide bonds. The van der Waals surface area contributed by atoms with Crippen LogP contribution in [0.3, 0.4) is 0 Å². The number of aliphatic hydroxyl groups excluding tert-OH is 1. The molecule has 0 fully saturated rings. The maximum absolute atomic E-state index is 13.2. The lowest BCUT2D eigenvalue weighted by atomic mass is 10.2. The highest BCUT2D eigenvalue weighted by Crippen LogP contribution is 2.22. The number of hydrogen-bond donors (Lipinski definition) is 2. The number of aliphatic hydroxyl groups is 1. The van der Waals surface area contributed by atoms with Crippen molar-refractivity contribution < 1.29 is 19.0 Å². The van der Waals surface area contributed by atoms with Crippen LogP contribution < -0.4 is 15.6 Å². The minimum Gasteiger partial charge on any atom is -0.493 e. The summed E-state index contributed by atoms with van der Waals surface area (Å²) in [6, 6.07) is 9.13. The summed E-state index contributed by atoms with van der Waals surface area (Å²) in [5.41, 5.74) is 0.412. The van der Waals surface area contributed by atoms with Gasteiger partial charge in [0.1, 0.15) is 11.6 Å². The molecule has 1 aromatic heterocycles. The third kappa shape index (κ3) is 10.2. The monoisotopic (exact) mass is 464 g/mol. The molecule has 2 aromatic rings. The van der Waals surface area contributed by atoms with Gasteiger partial charge in [-0.3, -0.25) is 14.2 Å². The fourth-order valence-electron chi connectivity index (χ4n) is 2.51. The highest BCUT2D eigenvalue weighted by Gasteiger charge is 2.10. The zero-order chi connectivity index (χ0) is 23.9. The molecule has 8 heteroatoms. The summed E-state index contributed by atoms with van der Waals surface area (Å²) >= 11 is 1.25. The first kappa shape index (κ1) is 27.5. The van der Waals surface area contributed by atoms with Gasteiger partial charge in [0.05, 0.1) is 17.4 Å². The Morgan fingerprint density at radius 2 is 2.03 bits per heavy atom. The predicted octanol–water partition coefficient (Wildman–Crippen LogP) is 4.28. The van der Waals surface area contributed by atoms with Crippen LogP contribution >= 0.6 is 11.8 Å². The van der Waals surface area contributed by atoms with E-state index in [1.807, 2.05) is 33.8 Å². The van der Waals surface area contributed by atoms with Gasteiger partial charge in [-0.05, 0) is 29.7 Å². The molecule has 176 valence electrons. The molecule has 0 saturated carbocycles. The second-order valence-electron chi connectivity index (χ2n) is 6.94. The van der Waals surface area contributed by atoms with Crippen LogP contribution in [0.4, 0.5) is 4.39 Å². The van der Waals surface area contributed by atoms with Gasteiger partial charge in [-0.25, -0.2) is 4.39 Å². The number of amides is 1. The fraction of sp³-hybridized carbons (Fsp3) is 0.417. The van der Waals surface area contributed by atoms with Crippen LogP contribution in [0.5, 0.6) is 5.75 Å². The van der Waals surface area contributed by atoms with Crippen LogP contribution in [0, 0.1) is 11.7 Å². The minimum absolute atomic E-state index is 0.0241. The first-order chi connectivity index (χ1) is 15.4. The molecule has 2 rings (SSSR count). The zero-order valence-electron chi connectivity index (χ0n) is 19.1. The number of rotatable bonds is 11. The second-order valence-corrected chi connectivity index (χ2v) is 7.94. The molecular formula is C24H33FN2O4S. The summed E-state index contributed by atoms with van der Waals surface area (Å²) in [6.45, 7) is 8.56. The third-order valence-corrected chi connectivity index (χ3v) is 4.94. The maximum atomic E-state index is 13.2. The number of aromatic nitrogens is 1. The van der Waals surface area contributed by atoms with Gasteiger partial charge in [0, 0.05) is 31.8 Å². The molecular weight excluding hydrogens is 431 g/mol. The normalized spacial score (nSPS) is 11.0. The fourth-order valence-corrected chi connectivity index (χ4v) is 3.55. The van der Waals surface area contributed by atoms with Gasteiger partial charge in [-0.2, -0.15) is 0 Å². The van der Waals surface area contributed by atoms with E-state index in [1.54, 1.807) is 24.4 Å². The van der Waals surface area contributed by atoms with Crippen molar-refractivity contribution in [2.75, 3.05) is 19.0 Å². The summed E-state index contributed by atoms with van der Waals surface area (Å²) in [5.74, 6) is 0.175. The topological polar surface area (TPSA) is 80.6 Å². The zero-order valence-corrected chi connectivity index (χ0v) is 20.0. The molecule has 1 heterocycles. The van der Waals surface area contributed by atoms with Crippen LogP contribution in [-0.4, -0.2) is 34.5 Å². The van der Waals surface area contributed by atoms with Crippen LogP contribution in [0.15, 0.2) is 53.5 Å². The number of allylic oxidation sites excluding steroid dienone is 1. The van der Waals surface area contributed by atoms with E-state index in [4.69, 9.17) is 9.84 Å². The van der Waals surface area contributed by atoms with E-state index in [0.29, 0.717) is 29.4 Å². The molecule has 0 bridgehead atoms. The van der Waals surface area contributed by atoms with Crippen molar-refractivity contribution in [3.63, 3.8) is 0 Å². The molecule has 0 spiro atoms. The van der Waals surface area contributed by atoms with E-state index in [2.05, 4.69) is 5.32 Å². The Labute approximate surface area is 193 Å². The summed E-state index contributed by atoms with van der Waals surface area (Å²) < 4.78 is 20.1. The SMILES string of the molecule is CC.CC(C)/C=C(\SCC(=O)NCc1cccc(F)c1)n1ccc(OCCCO)cc1=O. The number of hydrogen-bond acceptors (Lipinski definition) is 5. The van der Waals surface area contributed by atoms with Gasteiger partial charge in [0.2, 0.25) is 5.91 Å². The average Bonchev–Trinajstić information content (AvgIpc) is 2.77. The Morgan fingerprint density at radius 1 is 1.28 bits per heavy atom. The van der Waals surface area contributed by atoms with Crippen molar-refractivity contribution in [2.24, 2.45) is 5.92 Å². The lowest BCUT2D eigenvalue weighted by molar-refractivity contribution is -0.118. The molecule has 32 heavy (non-hydrogen) atoms. The predicted molar refractivity (Wildman–Crippen MR) is 129 cm³/mol. The van der Waals surface area contributed by atoms with Crippen molar-refractivity contribution in [2.45, 2.75) is 40.7 Å². The van der Waals surface area contributed by atoms with E-state index in [0.717, 1.165) is 0 Å². The van der Waals surface area contributed by atoms with Gasteiger partial charge in [-0.15, -0.1) is 0 Å². The van der Waals surface area contributed by atoms with Crippen LogP contribution in [0.25, 0.3) is 5.03 Å². The largest absolute Gasteiger partial charge is 0.493 e. The first-order valence-electron chi connectivity index (χ1n) is 10.7. The van der Waals surface area contributed by atoms with Crippen molar-refractivity contribution in [1.82, 2.24) is 9.88 Å². The number of nitrogens with one attached hydrogen (secondary N) is 1. The number of nitrogens with zero attached hydrogens (tertiary/aromatic N) is 1. The Hall–Kier alpha value is -2.58. The Balaban J connectivity index is 0.00000249. The Bertz CT molecular complexity index is 928. The van der Waals surface area contributed by atoms with E-state index in [-0.39, 0.29) is 42.1 Å². The molecule has 1 aromatic carbocycles. The van der Waals surface area contributed by atoms with Crippen LogP contribution in [0.1, 0.15) is 39.7 Å². The lowest BCUT2D eigenvalue weighted by Gasteiger charge is -2.13. The van der Waals surface area contributed by atoms with Gasteiger partial charge in [0.25, 0.3) is 5.56 Å². The molecule has 0 aliphatic heterocycles. The number of halogens is 1. The first-order valence-corrected chi connectivity index (χ1v) is 11.7. The molecule has 0 unspecified atom stereocenters. The second kappa shape index (κ2) is 15.3. The number of carbonyl (C=O) groups is 1. The van der Waals surface area contributed by atoms with Crippen molar-refractivity contribution in [3.8, 4) is 5.75 Å². The van der Waals surface area contributed by atoms with Crippen molar-refractivity contribution in [1.29, 1.82) is 0 Å². The quantitative estimate of drug-likeness (QED) is 0.485. The number of carbonyl (C=O) groups excluding carboxylic acids is 1. The molecule has 0 atom stereocenters. The summed E-state index contributed by atoms with van der Waals surface area (Å²) in [4.78, 5) is 24.8. The number of thioether (sulfide) groups is 1. The highest BCUT2D eigenvalue weighted by atomic mass is 32.2. The molecule has 0 aliphatic rings. The molecule has 2 N–H and O–H groups in total. The molecule has 6 nitrogen and oxygen atoms in total. The third-order valence-electron chi connectivity index (χ3n) is 3.91. The van der Waals surface area contributed by atoms with Crippen molar-refractivity contribution >= 4 is 22.7 Å². The average molecular weight is 465 g/mol. The number of pyridine rings is 1. The Kier molecular flexibility index (Phi) is 13.1. The smallest absolute Gasteiger partial charge is 0.259 e. The van der Waals surface area contributed by atoms with Crippen molar-refractivity contribution in [3.05, 3.63) is 70.4 Å². The maximum Gasteiger partial charge on any atom is 0.259 e. The molecule has 0 saturated heterocycles. The standard InChI is InChI=1S/C22H27FN2O4S.C2H6/c1-16(2)11-22(25-8-7-19(13-21(25)28)29-10-4-9-26)30-15-20(27)24-14-17-5-3-6-18(23)12-17;1-2/h3,5-8,11-13,16,26H,4,9-10,14-15H2,1-2H3,(H,24,27);1-2H3/b22-11-;. The molecule has 0 radical (unpaired) electrons. The van der Waals surface area contributed by atoms with Crippen LogP contribution in [0.2, 0.25) is 0 Å². The van der Waals surface area contributed by atoms with Gasteiger partial charge in [-0.1, -0.05) is 57.7 Å². The van der Waals surface area contributed by atoms with E-state index < -0.39 is 0 Å². The lowest BCUT2D eigenvalue weighted by Crippen LogP contribution is -2.25. The summed E-state index contributed by atoms with van der Waals surface area (Å²) in [6.07, 6.45) is 4.02. The number of ether oxygens (including phenoxy) is 1. The van der Waals surface area contributed by atoms with Gasteiger partial charge >= 0.3 is 0 Å². The van der Waals surface area contributed by atoms with Crippen LogP contribution in [-0.2, 0) is 11.3 Å². The van der Waals surface area contributed by atoms with E-state index >= 15 is 0 Å². The summed E-state index contributed by atoms with van der Waals surface area (Å²) in [7, 11) is 0. The molecule has 0 aliphatic carbocycles. The van der Waals surface area contributed by atoms with E-state index in [1.165, 1.54) is 34.5 Å². The minimum atomic E-state index is -0.346. The highest BCUT2D eigenvalue weighted by molar-refractivity contribution is 8.08. The van der Waals surface area contributed by atoms with E-state index in [9.17, 15) is 14.0 Å². The van der Waals surface area contributed by atoms with Gasteiger partial charge < -0.3 is 15.2 Å².